The molecule has 1 aliphatic heterocycles. The monoisotopic (exact) mass is 270 g/mol. The molecule has 1 fully saturated rings. The van der Waals surface area contributed by atoms with Gasteiger partial charge in [-0.15, -0.1) is 0 Å². The summed E-state index contributed by atoms with van der Waals surface area (Å²) in [5.41, 5.74) is 2.21. The van der Waals surface area contributed by atoms with E-state index in [9.17, 15) is 4.79 Å². The zero-order valence-electron chi connectivity index (χ0n) is 12.1. The summed E-state index contributed by atoms with van der Waals surface area (Å²) >= 11 is 0. The molecular formula is C16H18N2O2. The molecule has 0 N–H and O–H groups in total. The molecule has 1 aliphatic carbocycles. The van der Waals surface area contributed by atoms with Gasteiger partial charge in [0, 0.05) is 12.0 Å². The second-order valence-corrected chi connectivity index (χ2v) is 6.69. The van der Waals surface area contributed by atoms with E-state index in [1.54, 1.807) is 11.0 Å². The summed E-state index contributed by atoms with van der Waals surface area (Å²) in [6, 6.07) is 7.75. The highest BCUT2D eigenvalue weighted by atomic mass is 16.6. The third-order valence-corrected chi connectivity index (χ3v) is 3.92. The van der Waals surface area contributed by atoms with Crippen LogP contribution in [0.5, 0.6) is 0 Å². The molecule has 0 radical (unpaired) electrons. The van der Waals surface area contributed by atoms with Crippen molar-refractivity contribution in [2.75, 3.05) is 11.4 Å². The van der Waals surface area contributed by atoms with Crippen molar-refractivity contribution in [1.29, 1.82) is 5.26 Å². The van der Waals surface area contributed by atoms with Crippen LogP contribution >= 0.6 is 0 Å². The fraction of sp³-hybridized carbons (Fsp3) is 0.500. The van der Waals surface area contributed by atoms with Gasteiger partial charge in [-0.25, -0.2) is 4.79 Å². The van der Waals surface area contributed by atoms with Crippen molar-refractivity contribution in [3.05, 3.63) is 29.3 Å². The molecule has 1 aromatic rings. The first kappa shape index (κ1) is 13.0. The van der Waals surface area contributed by atoms with Crippen molar-refractivity contribution in [1.82, 2.24) is 0 Å². The van der Waals surface area contributed by atoms with Crippen molar-refractivity contribution >= 4 is 11.8 Å². The number of carbonyl (C=O) groups excluding carboxylic acids is 1. The topological polar surface area (TPSA) is 53.3 Å². The van der Waals surface area contributed by atoms with Gasteiger partial charge in [-0.3, -0.25) is 4.90 Å². The van der Waals surface area contributed by atoms with Crippen LogP contribution in [-0.4, -0.2) is 18.2 Å². The van der Waals surface area contributed by atoms with Gasteiger partial charge in [0.1, 0.15) is 5.60 Å². The summed E-state index contributed by atoms with van der Waals surface area (Å²) in [6.07, 6.45) is 1.88. The van der Waals surface area contributed by atoms with Crippen LogP contribution in [-0.2, 0) is 10.2 Å². The van der Waals surface area contributed by atoms with Gasteiger partial charge in [-0.1, -0.05) is 6.07 Å². The average Bonchev–Trinajstić information content (AvgIpc) is 3.05. The molecule has 20 heavy (non-hydrogen) atoms. The van der Waals surface area contributed by atoms with E-state index >= 15 is 0 Å². The molecule has 0 unspecified atom stereocenters. The number of ether oxygens (including phenoxy) is 1. The highest BCUT2D eigenvalue weighted by Crippen LogP contribution is 2.56. The van der Waals surface area contributed by atoms with E-state index in [0.29, 0.717) is 12.1 Å². The molecule has 4 heteroatoms. The molecule has 104 valence electrons. The molecule has 0 atom stereocenters. The highest BCUT2D eigenvalue weighted by Gasteiger charge is 2.53. The lowest BCUT2D eigenvalue weighted by Crippen LogP contribution is -2.37. The maximum Gasteiger partial charge on any atom is 0.414 e. The smallest absolute Gasteiger partial charge is 0.414 e. The first-order valence-electron chi connectivity index (χ1n) is 6.90. The van der Waals surface area contributed by atoms with Crippen LogP contribution < -0.4 is 4.90 Å². The fourth-order valence-electron chi connectivity index (χ4n) is 2.80. The molecule has 1 aromatic carbocycles. The number of benzene rings is 1. The summed E-state index contributed by atoms with van der Waals surface area (Å²) in [4.78, 5) is 14.0. The molecule has 0 bridgehead atoms. The lowest BCUT2D eigenvalue weighted by molar-refractivity contribution is 0.0581. The normalized spacial score (nSPS) is 18.6. The van der Waals surface area contributed by atoms with E-state index in [-0.39, 0.29) is 11.5 Å². The van der Waals surface area contributed by atoms with Crippen molar-refractivity contribution in [3.8, 4) is 6.07 Å². The van der Waals surface area contributed by atoms with Crippen LogP contribution in [0.1, 0.15) is 44.7 Å². The van der Waals surface area contributed by atoms with Crippen molar-refractivity contribution < 1.29 is 9.53 Å². The summed E-state index contributed by atoms with van der Waals surface area (Å²) in [5.74, 6) is 0. The zero-order chi connectivity index (χ0) is 14.5. The first-order chi connectivity index (χ1) is 9.35. The summed E-state index contributed by atoms with van der Waals surface area (Å²) in [7, 11) is 0. The van der Waals surface area contributed by atoms with Crippen molar-refractivity contribution in [3.63, 3.8) is 0 Å². The molecule has 2 aliphatic rings. The molecule has 4 nitrogen and oxygen atoms in total. The molecule has 0 saturated heterocycles. The van der Waals surface area contributed by atoms with Gasteiger partial charge in [0.2, 0.25) is 0 Å². The second-order valence-electron chi connectivity index (χ2n) is 6.69. The summed E-state index contributed by atoms with van der Waals surface area (Å²) < 4.78 is 5.48. The minimum absolute atomic E-state index is 0.111. The number of amides is 1. The Morgan fingerprint density at radius 1 is 1.40 bits per heavy atom. The van der Waals surface area contributed by atoms with E-state index in [4.69, 9.17) is 10.00 Å². The Balaban J connectivity index is 1.97. The number of nitriles is 1. The number of carbonyl (C=O) groups is 1. The molecular weight excluding hydrogens is 252 g/mol. The van der Waals surface area contributed by atoms with Gasteiger partial charge in [0.15, 0.2) is 0 Å². The molecule has 1 saturated carbocycles. The Morgan fingerprint density at radius 3 is 2.65 bits per heavy atom. The maximum absolute atomic E-state index is 12.4. The first-order valence-corrected chi connectivity index (χ1v) is 6.90. The van der Waals surface area contributed by atoms with Crippen molar-refractivity contribution in [2.24, 2.45) is 0 Å². The summed E-state index contributed by atoms with van der Waals surface area (Å²) in [6.45, 7) is 6.26. The van der Waals surface area contributed by atoms with Gasteiger partial charge in [-0.05, 0) is 51.3 Å². The van der Waals surface area contributed by atoms with Crippen LogP contribution in [0.4, 0.5) is 10.5 Å². The predicted octanol–water partition coefficient (Wildman–Crippen LogP) is 3.34. The van der Waals surface area contributed by atoms with E-state index < -0.39 is 5.60 Å². The molecule has 1 heterocycles. The zero-order valence-corrected chi connectivity index (χ0v) is 12.1. The number of nitrogens with zero attached hydrogens (tertiary/aromatic N) is 2. The van der Waals surface area contributed by atoms with Crippen molar-refractivity contribution in [2.45, 2.75) is 44.6 Å². The Kier molecular flexibility index (Phi) is 2.59. The quantitative estimate of drug-likeness (QED) is 0.726. The van der Waals surface area contributed by atoms with Gasteiger partial charge in [0.05, 0.1) is 17.3 Å². The minimum Gasteiger partial charge on any atom is -0.443 e. The molecule has 1 spiro atoms. The van der Waals surface area contributed by atoms with Gasteiger partial charge in [-0.2, -0.15) is 5.26 Å². The Bertz CT molecular complexity index is 618. The second kappa shape index (κ2) is 3.99. The number of anilines is 1. The van der Waals surface area contributed by atoms with E-state index in [1.807, 2.05) is 32.9 Å². The largest absolute Gasteiger partial charge is 0.443 e. The van der Waals surface area contributed by atoms with Crippen LogP contribution in [0.15, 0.2) is 18.2 Å². The molecule has 0 aromatic heterocycles. The van der Waals surface area contributed by atoms with Crippen LogP contribution in [0.2, 0.25) is 0 Å². The minimum atomic E-state index is -0.511. The lowest BCUT2D eigenvalue weighted by atomic mass is 9.98. The Labute approximate surface area is 118 Å². The predicted molar refractivity (Wildman–Crippen MR) is 75.6 cm³/mol. The standard InChI is InChI=1S/C16H18N2O2/c1-15(2,3)20-14(19)18-10-16(6-7-16)12-5-4-11(9-17)8-13(12)18/h4-5,8H,6-7,10H2,1-3H3. The van der Waals surface area contributed by atoms with E-state index in [2.05, 4.69) is 6.07 Å². The highest BCUT2D eigenvalue weighted by molar-refractivity contribution is 5.92. The van der Waals surface area contributed by atoms with E-state index in [1.165, 1.54) is 5.56 Å². The number of fused-ring (bicyclic) bond motifs is 2. The number of hydrogen-bond donors (Lipinski definition) is 0. The third kappa shape index (κ3) is 2.03. The van der Waals surface area contributed by atoms with Crippen LogP contribution in [0, 0.1) is 11.3 Å². The lowest BCUT2D eigenvalue weighted by Gasteiger charge is -2.25. The number of rotatable bonds is 0. The summed E-state index contributed by atoms with van der Waals surface area (Å²) in [5, 5.41) is 9.04. The van der Waals surface area contributed by atoms with Gasteiger partial charge >= 0.3 is 6.09 Å². The van der Waals surface area contributed by atoms with Crippen LogP contribution in [0.3, 0.4) is 0 Å². The number of hydrogen-bond acceptors (Lipinski definition) is 3. The molecule has 3 rings (SSSR count). The van der Waals surface area contributed by atoms with Gasteiger partial charge in [0.25, 0.3) is 0 Å². The maximum atomic E-state index is 12.4. The van der Waals surface area contributed by atoms with Gasteiger partial charge < -0.3 is 4.74 Å². The SMILES string of the molecule is CC(C)(C)OC(=O)N1CC2(CC2)c2ccc(C#N)cc21. The average molecular weight is 270 g/mol. The van der Waals surface area contributed by atoms with Crippen LogP contribution in [0.25, 0.3) is 0 Å². The fourth-order valence-corrected chi connectivity index (χ4v) is 2.80. The van der Waals surface area contributed by atoms with E-state index in [0.717, 1.165) is 18.5 Å². The Hall–Kier alpha value is -2.02. The third-order valence-electron chi connectivity index (χ3n) is 3.92. The molecule has 1 amide bonds. The Morgan fingerprint density at radius 2 is 2.10 bits per heavy atom.